The highest BCUT2D eigenvalue weighted by Gasteiger charge is 2.13. The Kier molecular flexibility index (Phi) is 2.12. The van der Waals surface area contributed by atoms with Crippen molar-refractivity contribution in [3.8, 4) is 11.5 Å². The van der Waals surface area contributed by atoms with Gasteiger partial charge >= 0.3 is 0 Å². The lowest BCUT2D eigenvalue weighted by molar-refractivity contribution is 0.913. The average molecular weight is 249 g/mol. The molecule has 0 atom stereocenters. The molecule has 6 nitrogen and oxygen atoms in total. The van der Waals surface area contributed by atoms with Crippen molar-refractivity contribution in [3.63, 3.8) is 0 Å². The first-order valence-electron chi connectivity index (χ1n) is 5.02. The zero-order chi connectivity index (χ0) is 12.0. The van der Waals surface area contributed by atoms with Gasteiger partial charge in [-0.3, -0.25) is 4.40 Å². The molecule has 17 heavy (non-hydrogen) atoms. The summed E-state index contributed by atoms with van der Waals surface area (Å²) in [6.45, 7) is 1.86. The van der Waals surface area contributed by atoms with Crippen molar-refractivity contribution in [1.82, 2.24) is 29.1 Å². The van der Waals surface area contributed by atoms with Gasteiger partial charge in [0.25, 0.3) is 0 Å². The lowest BCUT2D eigenvalue weighted by Crippen LogP contribution is -1.98. The molecule has 0 saturated heterocycles. The van der Waals surface area contributed by atoms with Gasteiger partial charge < -0.3 is 4.57 Å². The minimum Gasteiger partial charge on any atom is -0.340 e. The summed E-state index contributed by atoms with van der Waals surface area (Å²) in [6.07, 6.45) is 3.60. The maximum atomic E-state index is 5.87. The van der Waals surface area contributed by atoms with Crippen LogP contribution in [-0.4, -0.2) is 29.1 Å². The van der Waals surface area contributed by atoms with Gasteiger partial charge in [-0.15, -0.1) is 10.2 Å². The predicted molar refractivity (Wildman–Crippen MR) is 62.7 cm³/mol. The first-order valence-corrected chi connectivity index (χ1v) is 5.39. The Bertz CT molecular complexity index is 698. The van der Waals surface area contributed by atoms with Crippen molar-refractivity contribution in [2.24, 2.45) is 7.05 Å². The number of fused-ring (bicyclic) bond motifs is 1. The molecule has 3 rings (SSSR count). The molecule has 0 radical (unpaired) electrons. The van der Waals surface area contributed by atoms with Crippen molar-refractivity contribution >= 4 is 17.2 Å². The Labute approximate surface area is 102 Å². The summed E-state index contributed by atoms with van der Waals surface area (Å²) in [6, 6.07) is 1.67. The van der Waals surface area contributed by atoms with Crippen LogP contribution in [0.5, 0.6) is 0 Å². The molecule has 3 aromatic heterocycles. The van der Waals surface area contributed by atoms with Crippen LogP contribution in [0.1, 0.15) is 5.82 Å². The molecular weight excluding hydrogens is 240 g/mol. The van der Waals surface area contributed by atoms with Gasteiger partial charge in [0.2, 0.25) is 0 Å². The lowest BCUT2D eigenvalue weighted by atomic mass is 10.4. The first kappa shape index (κ1) is 10.2. The molecule has 0 amide bonds. The minimum absolute atomic E-state index is 0.412. The SMILES string of the molecule is Cc1nc(Cl)cc2nnc(-c3cn(C)cn3)n12. The number of rotatable bonds is 1. The molecule has 0 aliphatic carbocycles. The molecular formula is C10H9ClN6. The zero-order valence-corrected chi connectivity index (χ0v) is 10.0. The Morgan fingerprint density at radius 2 is 2.12 bits per heavy atom. The van der Waals surface area contributed by atoms with Crippen LogP contribution in [0.25, 0.3) is 17.2 Å². The summed E-state index contributed by atoms with van der Waals surface area (Å²) >= 11 is 5.87. The molecule has 0 spiro atoms. The highest BCUT2D eigenvalue weighted by atomic mass is 35.5. The first-order chi connectivity index (χ1) is 8.15. The standard InChI is InChI=1S/C10H9ClN6/c1-6-13-8(11)3-9-14-15-10(17(6)9)7-4-16(2)5-12-7/h3-5H,1-2H3. The third-order valence-electron chi connectivity index (χ3n) is 2.46. The average Bonchev–Trinajstić information content (AvgIpc) is 2.83. The largest absolute Gasteiger partial charge is 0.340 e. The van der Waals surface area contributed by atoms with Crippen molar-refractivity contribution < 1.29 is 0 Å². The number of halogens is 1. The predicted octanol–water partition coefficient (Wildman–Crippen LogP) is 1.49. The zero-order valence-electron chi connectivity index (χ0n) is 9.29. The molecule has 0 saturated carbocycles. The van der Waals surface area contributed by atoms with E-state index in [2.05, 4.69) is 20.2 Å². The number of aryl methyl sites for hydroxylation is 2. The monoisotopic (exact) mass is 248 g/mol. The van der Waals surface area contributed by atoms with Crippen LogP contribution < -0.4 is 0 Å². The van der Waals surface area contributed by atoms with E-state index in [0.717, 1.165) is 11.5 Å². The van der Waals surface area contributed by atoms with E-state index < -0.39 is 0 Å². The van der Waals surface area contributed by atoms with E-state index in [1.54, 1.807) is 12.4 Å². The second-order valence-electron chi connectivity index (χ2n) is 3.77. The Morgan fingerprint density at radius 1 is 1.29 bits per heavy atom. The fourth-order valence-electron chi connectivity index (χ4n) is 1.75. The lowest BCUT2D eigenvalue weighted by Gasteiger charge is -2.01. The van der Waals surface area contributed by atoms with E-state index in [0.29, 0.717) is 16.6 Å². The van der Waals surface area contributed by atoms with E-state index in [1.807, 2.05) is 29.1 Å². The Balaban J connectivity index is 2.31. The molecule has 0 N–H and O–H groups in total. The van der Waals surface area contributed by atoms with Gasteiger partial charge in [-0.1, -0.05) is 11.6 Å². The number of imidazole rings is 1. The summed E-state index contributed by atoms with van der Waals surface area (Å²) in [5, 5.41) is 8.60. The van der Waals surface area contributed by atoms with Crippen LogP contribution in [0.2, 0.25) is 5.15 Å². The fraction of sp³-hybridized carbons (Fsp3) is 0.200. The quantitative estimate of drug-likeness (QED) is 0.612. The van der Waals surface area contributed by atoms with Crippen molar-refractivity contribution in [2.45, 2.75) is 6.92 Å². The van der Waals surface area contributed by atoms with Crippen LogP contribution in [0, 0.1) is 6.92 Å². The van der Waals surface area contributed by atoms with Crippen molar-refractivity contribution in [1.29, 1.82) is 0 Å². The summed E-state index contributed by atoms with van der Waals surface area (Å²) in [5.41, 5.74) is 1.43. The second-order valence-corrected chi connectivity index (χ2v) is 4.15. The van der Waals surface area contributed by atoms with E-state index in [1.165, 1.54) is 0 Å². The Morgan fingerprint density at radius 3 is 2.82 bits per heavy atom. The molecule has 0 aliphatic heterocycles. The third kappa shape index (κ3) is 1.57. The minimum atomic E-state index is 0.412. The summed E-state index contributed by atoms with van der Waals surface area (Å²) < 4.78 is 3.68. The van der Waals surface area contributed by atoms with E-state index >= 15 is 0 Å². The van der Waals surface area contributed by atoms with Crippen LogP contribution in [-0.2, 0) is 7.05 Å². The molecule has 3 heterocycles. The molecule has 0 aromatic carbocycles. The van der Waals surface area contributed by atoms with E-state index in [4.69, 9.17) is 11.6 Å². The van der Waals surface area contributed by atoms with Gasteiger partial charge in [0, 0.05) is 19.3 Å². The number of nitrogens with zero attached hydrogens (tertiary/aromatic N) is 6. The molecule has 0 aliphatic rings. The number of hydrogen-bond donors (Lipinski definition) is 0. The highest BCUT2D eigenvalue weighted by Crippen LogP contribution is 2.19. The van der Waals surface area contributed by atoms with Gasteiger partial charge in [0.05, 0.1) is 6.33 Å². The van der Waals surface area contributed by atoms with Crippen LogP contribution in [0.3, 0.4) is 0 Å². The van der Waals surface area contributed by atoms with Crippen molar-refractivity contribution in [2.75, 3.05) is 0 Å². The van der Waals surface area contributed by atoms with Gasteiger partial charge in [-0.25, -0.2) is 9.97 Å². The maximum absolute atomic E-state index is 5.87. The summed E-state index contributed by atoms with van der Waals surface area (Å²) in [7, 11) is 1.90. The van der Waals surface area contributed by atoms with Crippen LogP contribution in [0.4, 0.5) is 0 Å². The Hall–Kier alpha value is -1.95. The molecule has 0 unspecified atom stereocenters. The normalized spacial score (nSPS) is 11.2. The summed E-state index contributed by atoms with van der Waals surface area (Å²) in [5.74, 6) is 1.40. The molecule has 0 bridgehead atoms. The van der Waals surface area contributed by atoms with Gasteiger partial charge in [-0.05, 0) is 6.92 Å². The van der Waals surface area contributed by atoms with E-state index in [-0.39, 0.29) is 0 Å². The number of hydrogen-bond acceptors (Lipinski definition) is 4. The maximum Gasteiger partial charge on any atom is 0.190 e. The molecule has 7 heteroatoms. The fourth-order valence-corrected chi connectivity index (χ4v) is 1.97. The molecule has 0 fully saturated rings. The molecule has 86 valence electrons. The third-order valence-corrected chi connectivity index (χ3v) is 2.66. The second kappa shape index (κ2) is 3.53. The number of aromatic nitrogens is 6. The molecule has 3 aromatic rings. The van der Waals surface area contributed by atoms with Gasteiger partial charge in [-0.2, -0.15) is 0 Å². The van der Waals surface area contributed by atoms with Crippen molar-refractivity contribution in [3.05, 3.63) is 29.6 Å². The van der Waals surface area contributed by atoms with E-state index in [9.17, 15) is 0 Å². The van der Waals surface area contributed by atoms with Gasteiger partial charge in [0.1, 0.15) is 16.7 Å². The topological polar surface area (TPSA) is 60.9 Å². The summed E-state index contributed by atoms with van der Waals surface area (Å²) in [4.78, 5) is 8.43. The highest BCUT2D eigenvalue weighted by molar-refractivity contribution is 6.29. The van der Waals surface area contributed by atoms with Gasteiger partial charge in [0.15, 0.2) is 11.5 Å². The van der Waals surface area contributed by atoms with Crippen LogP contribution in [0.15, 0.2) is 18.6 Å². The van der Waals surface area contributed by atoms with Crippen LogP contribution >= 0.6 is 11.6 Å². The smallest absolute Gasteiger partial charge is 0.190 e.